The Kier molecular flexibility index (Phi) is 3.86. The van der Waals surface area contributed by atoms with Crippen molar-refractivity contribution in [2.45, 2.75) is 38.5 Å². The molecule has 0 amide bonds. The zero-order valence-electron chi connectivity index (χ0n) is 11.2. The predicted octanol–water partition coefficient (Wildman–Crippen LogP) is 2.52. The van der Waals surface area contributed by atoms with E-state index in [0.29, 0.717) is 0 Å². The average molecular weight is 267 g/mol. The molecule has 0 aromatic heterocycles. The molecule has 0 bridgehead atoms. The van der Waals surface area contributed by atoms with Crippen LogP contribution in [0, 0.1) is 11.1 Å². The first-order valence-electron chi connectivity index (χ1n) is 7.44. The van der Waals surface area contributed by atoms with Crippen LogP contribution in [-0.2, 0) is 0 Å². The van der Waals surface area contributed by atoms with Gasteiger partial charge in [0.15, 0.2) is 0 Å². The van der Waals surface area contributed by atoms with E-state index in [-0.39, 0.29) is 0 Å². The van der Waals surface area contributed by atoms with Crippen molar-refractivity contribution >= 4 is 7.71 Å². The Balaban J connectivity index is 1.90. The fourth-order valence-corrected chi connectivity index (χ4v) is 7.64. The topological polar surface area (TPSA) is 33.5 Å². The van der Waals surface area contributed by atoms with Crippen molar-refractivity contribution in [3.8, 4) is 5.81 Å². The molecule has 0 N–H and O–H groups in total. The molecule has 3 saturated heterocycles. The Morgan fingerprint density at radius 3 is 1.11 bits per heavy atom. The van der Waals surface area contributed by atoms with Crippen LogP contribution in [0.25, 0.3) is 0 Å². The van der Waals surface area contributed by atoms with E-state index >= 15 is 0 Å². The first-order valence-corrected chi connectivity index (χ1v) is 9.09. The van der Waals surface area contributed by atoms with Crippen LogP contribution in [0.2, 0.25) is 0 Å². The van der Waals surface area contributed by atoms with Crippen LogP contribution in [0.1, 0.15) is 38.5 Å². The van der Waals surface area contributed by atoms with E-state index < -0.39 is 7.71 Å². The summed E-state index contributed by atoms with van der Waals surface area (Å²) in [6.07, 6.45) is 7.70. The van der Waals surface area contributed by atoms with Crippen molar-refractivity contribution in [1.82, 2.24) is 14.0 Å². The lowest BCUT2D eigenvalue weighted by atomic mass is 10.4. The van der Waals surface area contributed by atoms with E-state index in [1.807, 2.05) is 0 Å². The second-order valence-corrected chi connectivity index (χ2v) is 8.68. The van der Waals surface area contributed by atoms with Crippen molar-refractivity contribution in [1.29, 1.82) is 5.26 Å². The molecule has 3 fully saturated rings. The Morgan fingerprint density at radius 2 is 0.889 bits per heavy atom. The smallest absolute Gasteiger partial charge is 0.146 e. The van der Waals surface area contributed by atoms with Gasteiger partial charge in [0, 0.05) is 39.3 Å². The summed E-state index contributed by atoms with van der Waals surface area (Å²) in [5.41, 5.74) is 0. The van der Waals surface area contributed by atoms with E-state index in [9.17, 15) is 5.26 Å². The van der Waals surface area contributed by atoms with Crippen molar-refractivity contribution in [2.75, 3.05) is 39.3 Å². The Hall–Kier alpha value is -0.200. The summed E-state index contributed by atoms with van der Waals surface area (Å²) in [4.78, 5) is 0. The second-order valence-electron chi connectivity index (χ2n) is 5.65. The van der Waals surface area contributed by atoms with Gasteiger partial charge in [-0.25, -0.2) is 0 Å². The number of nitriles is 1. The third-order valence-electron chi connectivity index (χ3n) is 4.56. The lowest BCUT2D eigenvalue weighted by molar-refractivity contribution is 0.383. The zero-order valence-corrected chi connectivity index (χ0v) is 12.1. The lowest BCUT2D eigenvalue weighted by Crippen LogP contribution is -2.41. The molecule has 3 aliphatic rings. The van der Waals surface area contributed by atoms with E-state index in [1.165, 1.54) is 38.5 Å². The predicted molar refractivity (Wildman–Crippen MR) is 75.0 cm³/mol. The summed E-state index contributed by atoms with van der Waals surface area (Å²) < 4.78 is 7.68. The summed E-state index contributed by atoms with van der Waals surface area (Å²) in [6.45, 7) is 6.88. The molecule has 3 rings (SSSR count). The molecule has 0 unspecified atom stereocenters. The molecule has 4 nitrogen and oxygen atoms in total. The van der Waals surface area contributed by atoms with Gasteiger partial charge in [0.2, 0.25) is 0 Å². The summed E-state index contributed by atoms with van der Waals surface area (Å²) in [5, 5.41) is 10.0. The molecular formula is C13H24N4P+. The normalized spacial score (nSPS) is 27.9. The minimum atomic E-state index is -1.81. The standard InChI is InChI=1S/C13H24N4P/c14-13-18(15-7-1-2-8-15,16-9-3-4-10-16)17-11-5-6-12-17/h1-12H2/q+1. The molecule has 18 heavy (non-hydrogen) atoms. The number of nitrogens with zero attached hydrogens (tertiary/aromatic N) is 4. The summed E-state index contributed by atoms with van der Waals surface area (Å²) >= 11 is 0. The molecule has 0 aromatic carbocycles. The maximum atomic E-state index is 10.0. The molecule has 0 saturated carbocycles. The Morgan fingerprint density at radius 1 is 0.611 bits per heavy atom. The second kappa shape index (κ2) is 5.43. The molecule has 0 aromatic rings. The number of rotatable bonds is 3. The molecular weight excluding hydrogens is 243 g/mol. The van der Waals surface area contributed by atoms with E-state index in [2.05, 4.69) is 19.8 Å². The first kappa shape index (κ1) is 12.8. The van der Waals surface area contributed by atoms with E-state index in [4.69, 9.17) is 0 Å². The van der Waals surface area contributed by atoms with Crippen molar-refractivity contribution < 1.29 is 0 Å². The molecule has 5 heteroatoms. The highest BCUT2D eigenvalue weighted by Crippen LogP contribution is 2.69. The average Bonchev–Trinajstić information content (AvgIpc) is 3.16. The van der Waals surface area contributed by atoms with Crippen LogP contribution in [0.5, 0.6) is 0 Å². The Labute approximate surface area is 111 Å². The van der Waals surface area contributed by atoms with Gasteiger partial charge in [-0.15, -0.1) is 19.3 Å². The van der Waals surface area contributed by atoms with Gasteiger partial charge in [-0.3, -0.25) is 0 Å². The third-order valence-corrected chi connectivity index (χ3v) is 8.40. The number of hydrogen-bond donors (Lipinski definition) is 0. The van der Waals surface area contributed by atoms with Gasteiger partial charge in [-0.2, -0.15) is 0 Å². The van der Waals surface area contributed by atoms with Gasteiger partial charge < -0.3 is 0 Å². The largest absolute Gasteiger partial charge is 0.338 e. The molecule has 0 aliphatic carbocycles. The van der Waals surface area contributed by atoms with Crippen LogP contribution in [-0.4, -0.2) is 53.3 Å². The van der Waals surface area contributed by atoms with Gasteiger partial charge in [-0.1, -0.05) is 0 Å². The third kappa shape index (κ3) is 1.98. The highest BCUT2D eigenvalue weighted by molar-refractivity contribution is 7.73. The molecule has 3 heterocycles. The fourth-order valence-electron chi connectivity index (χ4n) is 3.66. The molecule has 0 spiro atoms. The molecule has 0 atom stereocenters. The minimum absolute atomic E-state index is 1.15. The van der Waals surface area contributed by atoms with Gasteiger partial charge in [0.05, 0.1) is 0 Å². The van der Waals surface area contributed by atoms with Crippen molar-refractivity contribution in [3.63, 3.8) is 0 Å². The van der Waals surface area contributed by atoms with E-state index in [1.54, 1.807) is 0 Å². The van der Waals surface area contributed by atoms with Gasteiger partial charge in [0.25, 0.3) is 5.81 Å². The van der Waals surface area contributed by atoms with Crippen molar-refractivity contribution in [2.24, 2.45) is 0 Å². The zero-order chi connectivity index (χ0) is 12.4. The highest BCUT2D eigenvalue weighted by atomic mass is 31.2. The highest BCUT2D eigenvalue weighted by Gasteiger charge is 2.59. The summed E-state index contributed by atoms with van der Waals surface area (Å²) in [6, 6.07) is 0. The molecule has 0 radical (unpaired) electrons. The van der Waals surface area contributed by atoms with Crippen molar-refractivity contribution in [3.05, 3.63) is 0 Å². The fraction of sp³-hybridized carbons (Fsp3) is 0.923. The Bertz CT molecular complexity index is 282. The lowest BCUT2D eigenvalue weighted by Gasteiger charge is -2.37. The maximum absolute atomic E-state index is 10.0. The summed E-state index contributed by atoms with van der Waals surface area (Å²) in [7, 11) is -1.81. The minimum Gasteiger partial charge on any atom is -0.146 e. The van der Waals surface area contributed by atoms with Crippen LogP contribution in [0.4, 0.5) is 0 Å². The summed E-state index contributed by atoms with van der Waals surface area (Å²) in [5.74, 6) is 2.83. The molecule has 100 valence electrons. The first-order chi connectivity index (χ1) is 8.88. The number of hydrogen-bond acceptors (Lipinski definition) is 4. The van der Waals surface area contributed by atoms with E-state index in [0.717, 1.165) is 39.3 Å². The molecule has 3 aliphatic heterocycles. The van der Waals surface area contributed by atoms with Gasteiger partial charge >= 0.3 is 7.71 Å². The quantitative estimate of drug-likeness (QED) is 0.736. The van der Waals surface area contributed by atoms with Gasteiger partial charge in [-0.05, 0) is 38.5 Å². The van der Waals surface area contributed by atoms with Crippen LogP contribution in [0.3, 0.4) is 0 Å². The van der Waals surface area contributed by atoms with Crippen LogP contribution >= 0.6 is 7.71 Å². The van der Waals surface area contributed by atoms with Gasteiger partial charge in [0.1, 0.15) is 0 Å². The SMILES string of the molecule is N#C[P+](N1CCCC1)(N1CCCC1)N1CCCC1. The van der Waals surface area contributed by atoms with Crippen LogP contribution in [0.15, 0.2) is 0 Å². The monoisotopic (exact) mass is 267 g/mol. The van der Waals surface area contributed by atoms with Crippen LogP contribution < -0.4 is 0 Å². The maximum Gasteiger partial charge on any atom is 0.338 e.